The van der Waals surface area contributed by atoms with Gasteiger partial charge in [-0.1, -0.05) is 6.07 Å². The van der Waals surface area contributed by atoms with E-state index in [1.807, 2.05) is 73.7 Å². The molecule has 5 heteroatoms. The van der Waals surface area contributed by atoms with E-state index in [-0.39, 0.29) is 6.03 Å². The molecule has 1 heterocycles. The molecule has 0 saturated carbocycles. The quantitative estimate of drug-likeness (QED) is 0.686. The highest BCUT2D eigenvalue weighted by atomic mass is 16.2. The zero-order valence-corrected chi connectivity index (χ0v) is 12.6. The van der Waals surface area contributed by atoms with Crippen LogP contribution in [0.25, 0.3) is 10.9 Å². The SMILES string of the molecule is CN(C)c1ccc(NC(=O)Nc2cccc3[nH]ccc23)cc1. The summed E-state index contributed by atoms with van der Waals surface area (Å²) in [7, 11) is 3.96. The molecule has 0 fully saturated rings. The van der Waals surface area contributed by atoms with E-state index in [2.05, 4.69) is 15.6 Å². The maximum absolute atomic E-state index is 12.1. The number of fused-ring (bicyclic) bond motifs is 1. The van der Waals surface area contributed by atoms with Gasteiger partial charge in [-0.05, 0) is 42.5 Å². The number of benzene rings is 2. The molecule has 2 aromatic carbocycles. The summed E-state index contributed by atoms with van der Waals surface area (Å²) in [5, 5.41) is 6.70. The zero-order chi connectivity index (χ0) is 15.5. The van der Waals surface area contributed by atoms with E-state index >= 15 is 0 Å². The van der Waals surface area contributed by atoms with Gasteiger partial charge in [-0.15, -0.1) is 0 Å². The van der Waals surface area contributed by atoms with Gasteiger partial charge in [-0.25, -0.2) is 4.79 Å². The van der Waals surface area contributed by atoms with Gasteiger partial charge < -0.3 is 20.5 Å². The van der Waals surface area contributed by atoms with Crippen LogP contribution in [0.2, 0.25) is 0 Å². The van der Waals surface area contributed by atoms with Crippen molar-refractivity contribution in [2.45, 2.75) is 0 Å². The average Bonchev–Trinajstić information content (AvgIpc) is 2.97. The van der Waals surface area contributed by atoms with Crippen LogP contribution in [0, 0.1) is 0 Å². The van der Waals surface area contributed by atoms with Crippen LogP contribution in [0.15, 0.2) is 54.7 Å². The highest BCUT2D eigenvalue weighted by molar-refractivity contribution is 6.05. The fourth-order valence-corrected chi connectivity index (χ4v) is 2.32. The van der Waals surface area contributed by atoms with Crippen molar-refractivity contribution in [1.29, 1.82) is 0 Å². The van der Waals surface area contributed by atoms with Crippen molar-refractivity contribution in [1.82, 2.24) is 4.98 Å². The fraction of sp³-hybridized carbons (Fsp3) is 0.118. The Morgan fingerprint density at radius 3 is 2.50 bits per heavy atom. The minimum atomic E-state index is -0.258. The second-order valence-electron chi connectivity index (χ2n) is 5.26. The van der Waals surface area contributed by atoms with E-state index in [4.69, 9.17) is 0 Å². The molecule has 0 saturated heterocycles. The van der Waals surface area contributed by atoms with Gasteiger partial charge in [0.15, 0.2) is 0 Å². The first-order valence-corrected chi connectivity index (χ1v) is 7.05. The van der Waals surface area contributed by atoms with Crippen molar-refractivity contribution in [3.05, 3.63) is 54.7 Å². The number of carbonyl (C=O) groups is 1. The number of rotatable bonds is 3. The van der Waals surface area contributed by atoms with E-state index < -0.39 is 0 Å². The van der Waals surface area contributed by atoms with Crippen molar-refractivity contribution in [3.63, 3.8) is 0 Å². The third-order valence-corrected chi connectivity index (χ3v) is 3.48. The minimum absolute atomic E-state index is 0.258. The average molecular weight is 294 g/mol. The van der Waals surface area contributed by atoms with E-state index in [1.165, 1.54) is 0 Å². The van der Waals surface area contributed by atoms with Crippen LogP contribution in [0.1, 0.15) is 0 Å². The van der Waals surface area contributed by atoms with Crippen LogP contribution in [-0.4, -0.2) is 25.1 Å². The lowest BCUT2D eigenvalue weighted by molar-refractivity contribution is 0.262. The number of nitrogens with zero attached hydrogens (tertiary/aromatic N) is 1. The number of aromatic amines is 1. The first kappa shape index (κ1) is 14.0. The lowest BCUT2D eigenvalue weighted by Gasteiger charge is -2.13. The van der Waals surface area contributed by atoms with Gasteiger partial charge in [0, 0.05) is 42.6 Å². The molecule has 0 spiro atoms. The van der Waals surface area contributed by atoms with Gasteiger partial charge in [0.2, 0.25) is 0 Å². The maximum Gasteiger partial charge on any atom is 0.323 e. The summed E-state index contributed by atoms with van der Waals surface area (Å²) in [5.74, 6) is 0. The van der Waals surface area contributed by atoms with Crippen molar-refractivity contribution < 1.29 is 4.79 Å². The Labute approximate surface area is 128 Å². The normalized spacial score (nSPS) is 10.5. The lowest BCUT2D eigenvalue weighted by atomic mass is 10.2. The van der Waals surface area contributed by atoms with Gasteiger partial charge >= 0.3 is 6.03 Å². The topological polar surface area (TPSA) is 60.2 Å². The fourth-order valence-electron chi connectivity index (χ4n) is 2.32. The van der Waals surface area contributed by atoms with Crippen LogP contribution in [-0.2, 0) is 0 Å². The standard InChI is InChI=1S/C17H18N4O/c1-21(2)13-8-6-12(7-9-13)19-17(22)20-16-5-3-4-15-14(16)10-11-18-15/h3-11,18H,1-2H3,(H2,19,20,22). The molecule has 22 heavy (non-hydrogen) atoms. The molecule has 3 rings (SSSR count). The summed E-state index contributed by atoms with van der Waals surface area (Å²) in [6, 6.07) is 15.1. The lowest BCUT2D eigenvalue weighted by Crippen LogP contribution is -2.19. The summed E-state index contributed by atoms with van der Waals surface area (Å²) in [6.45, 7) is 0. The van der Waals surface area contributed by atoms with Crippen LogP contribution in [0.4, 0.5) is 21.9 Å². The Balaban J connectivity index is 1.71. The highest BCUT2D eigenvalue weighted by Gasteiger charge is 2.06. The van der Waals surface area contributed by atoms with Gasteiger partial charge in [0.1, 0.15) is 0 Å². The molecule has 0 unspecified atom stereocenters. The number of urea groups is 1. The number of aromatic nitrogens is 1. The minimum Gasteiger partial charge on any atom is -0.378 e. The van der Waals surface area contributed by atoms with Gasteiger partial charge in [0.25, 0.3) is 0 Å². The molecule has 0 aliphatic rings. The second kappa shape index (κ2) is 5.81. The Kier molecular flexibility index (Phi) is 3.70. The monoisotopic (exact) mass is 294 g/mol. The molecular weight excluding hydrogens is 276 g/mol. The van der Waals surface area contributed by atoms with Crippen LogP contribution in [0.3, 0.4) is 0 Å². The molecule has 3 N–H and O–H groups in total. The van der Waals surface area contributed by atoms with Crippen molar-refractivity contribution in [2.75, 3.05) is 29.6 Å². The molecule has 0 atom stereocenters. The number of nitrogens with one attached hydrogen (secondary N) is 3. The highest BCUT2D eigenvalue weighted by Crippen LogP contribution is 2.22. The van der Waals surface area contributed by atoms with Crippen LogP contribution in [0.5, 0.6) is 0 Å². The molecule has 0 bridgehead atoms. The Bertz CT molecular complexity index is 790. The molecule has 3 aromatic rings. The van der Waals surface area contributed by atoms with Gasteiger partial charge in [0.05, 0.1) is 5.69 Å². The van der Waals surface area contributed by atoms with Crippen LogP contribution < -0.4 is 15.5 Å². The first-order valence-electron chi connectivity index (χ1n) is 7.05. The Morgan fingerprint density at radius 1 is 1.00 bits per heavy atom. The first-order chi connectivity index (χ1) is 10.6. The second-order valence-corrected chi connectivity index (χ2v) is 5.26. The smallest absolute Gasteiger partial charge is 0.323 e. The van der Waals surface area contributed by atoms with Crippen LogP contribution >= 0.6 is 0 Å². The Morgan fingerprint density at radius 2 is 1.77 bits per heavy atom. The third kappa shape index (κ3) is 2.88. The summed E-state index contributed by atoms with van der Waals surface area (Å²) in [6.07, 6.45) is 1.85. The predicted molar refractivity (Wildman–Crippen MR) is 91.7 cm³/mol. The van der Waals surface area contributed by atoms with E-state index in [1.54, 1.807) is 0 Å². The number of amides is 2. The molecule has 1 aromatic heterocycles. The van der Waals surface area contributed by atoms with E-state index in [0.717, 1.165) is 28.0 Å². The number of carbonyl (C=O) groups excluding carboxylic acids is 1. The van der Waals surface area contributed by atoms with Gasteiger partial charge in [-0.3, -0.25) is 0 Å². The number of H-pyrrole nitrogens is 1. The third-order valence-electron chi connectivity index (χ3n) is 3.48. The zero-order valence-electron chi connectivity index (χ0n) is 12.6. The summed E-state index contributed by atoms with van der Waals surface area (Å²) < 4.78 is 0. The molecule has 0 aliphatic carbocycles. The number of anilines is 3. The molecule has 5 nitrogen and oxygen atoms in total. The summed E-state index contributed by atoms with van der Waals surface area (Å²) in [5.41, 5.74) is 3.61. The number of hydrogen-bond donors (Lipinski definition) is 3. The summed E-state index contributed by atoms with van der Waals surface area (Å²) >= 11 is 0. The van der Waals surface area contributed by atoms with E-state index in [9.17, 15) is 4.79 Å². The van der Waals surface area contributed by atoms with Gasteiger partial charge in [-0.2, -0.15) is 0 Å². The predicted octanol–water partition coefficient (Wildman–Crippen LogP) is 3.88. The number of hydrogen-bond acceptors (Lipinski definition) is 2. The van der Waals surface area contributed by atoms with Crippen molar-refractivity contribution >= 4 is 34.0 Å². The van der Waals surface area contributed by atoms with Crippen molar-refractivity contribution in [3.8, 4) is 0 Å². The van der Waals surface area contributed by atoms with Crippen molar-refractivity contribution in [2.24, 2.45) is 0 Å². The summed E-state index contributed by atoms with van der Waals surface area (Å²) in [4.78, 5) is 17.3. The Hall–Kier alpha value is -2.95. The molecular formula is C17H18N4O. The molecule has 0 aliphatic heterocycles. The molecule has 2 amide bonds. The van der Waals surface area contributed by atoms with E-state index in [0.29, 0.717) is 0 Å². The largest absolute Gasteiger partial charge is 0.378 e. The molecule has 112 valence electrons. The molecule has 0 radical (unpaired) electrons. The maximum atomic E-state index is 12.1.